The van der Waals surface area contributed by atoms with Crippen LogP contribution in [-0.4, -0.2) is 24.4 Å². The highest BCUT2D eigenvalue weighted by Crippen LogP contribution is 2.21. The van der Waals surface area contributed by atoms with Gasteiger partial charge in [-0.15, -0.1) is 0 Å². The number of nitrogens with one attached hydrogen (secondary N) is 1. The fraction of sp³-hybridized carbons (Fsp3) is 0.500. The van der Waals surface area contributed by atoms with E-state index in [2.05, 4.69) is 5.32 Å². The van der Waals surface area contributed by atoms with Gasteiger partial charge >= 0.3 is 0 Å². The molecule has 0 bridgehead atoms. The Hall–Kier alpha value is -1.84. The molecule has 4 nitrogen and oxygen atoms in total. The summed E-state index contributed by atoms with van der Waals surface area (Å²) in [5.41, 5.74) is 1.90. The molecule has 20 heavy (non-hydrogen) atoms. The molecule has 4 heteroatoms. The van der Waals surface area contributed by atoms with Gasteiger partial charge in [-0.3, -0.25) is 9.59 Å². The maximum absolute atomic E-state index is 11.8. The van der Waals surface area contributed by atoms with Crippen LogP contribution in [0.5, 0.6) is 0 Å². The molecule has 1 unspecified atom stereocenters. The molecule has 1 saturated heterocycles. The fourth-order valence-corrected chi connectivity index (χ4v) is 2.33. The summed E-state index contributed by atoms with van der Waals surface area (Å²) in [7, 11) is 0. The van der Waals surface area contributed by atoms with Crippen molar-refractivity contribution in [3.05, 3.63) is 29.8 Å². The van der Waals surface area contributed by atoms with E-state index in [-0.39, 0.29) is 17.9 Å². The van der Waals surface area contributed by atoms with Gasteiger partial charge in [0.25, 0.3) is 0 Å². The van der Waals surface area contributed by atoms with Crippen LogP contribution < -0.4 is 10.2 Å². The molecule has 2 rings (SSSR count). The molecule has 0 saturated carbocycles. The lowest BCUT2D eigenvalue weighted by molar-refractivity contribution is -0.121. The molecule has 1 fully saturated rings. The highest BCUT2D eigenvalue weighted by Gasteiger charge is 2.21. The number of anilines is 1. The minimum atomic E-state index is 0.0457. The van der Waals surface area contributed by atoms with Crippen molar-refractivity contribution >= 4 is 17.5 Å². The van der Waals surface area contributed by atoms with Gasteiger partial charge in [-0.2, -0.15) is 0 Å². The zero-order chi connectivity index (χ0) is 14.5. The van der Waals surface area contributed by atoms with E-state index in [1.54, 1.807) is 0 Å². The number of amides is 2. The fourth-order valence-electron chi connectivity index (χ4n) is 2.33. The largest absolute Gasteiger partial charge is 0.353 e. The summed E-state index contributed by atoms with van der Waals surface area (Å²) >= 11 is 0. The van der Waals surface area contributed by atoms with Crippen molar-refractivity contribution in [1.29, 1.82) is 0 Å². The summed E-state index contributed by atoms with van der Waals surface area (Å²) < 4.78 is 0. The van der Waals surface area contributed by atoms with Crippen LogP contribution in [0.25, 0.3) is 0 Å². The highest BCUT2D eigenvalue weighted by molar-refractivity contribution is 5.95. The van der Waals surface area contributed by atoms with Gasteiger partial charge in [-0.25, -0.2) is 0 Å². The summed E-state index contributed by atoms with van der Waals surface area (Å²) in [6.07, 6.45) is 2.89. The Kier molecular flexibility index (Phi) is 4.77. The molecular formula is C16H22N2O2. The van der Waals surface area contributed by atoms with Crippen molar-refractivity contribution in [3.63, 3.8) is 0 Å². The monoisotopic (exact) mass is 274 g/mol. The second-order valence-corrected chi connectivity index (χ2v) is 5.37. The Morgan fingerprint density at radius 2 is 2.05 bits per heavy atom. The molecule has 1 aromatic carbocycles. The number of hydrogen-bond acceptors (Lipinski definition) is 2. The Bertz CT molecular complexity index is 482. The molecule has 0 spiro atoms. The average molecular weight is 274 g/mol. The predicted molar refractivity (Wildman–Crippen MR) is 79.6 cm³/mol. The van der Waals surface area contributed by atoms with Crippen LogP contribution in [-0.2, 0) is 16.0 Å². The molecule has 2 amide bonds. The van der Waals surface area contributed by atoms with Gasteiger partial charge in [0.1, 0.15) is 0 Å². The third kappa shape index (κ3) is 3.59. The van der Waals surface area contributed by atoms with Crippen molar-refractivity contribution in [2.45, 2.75) is 45.6 Å². The smallest absolute Gasteiger partial charge is 0.227 e. The summed E-state index contributed by atoms with van der Waals surface area (Å²) in [6.45, 7) is 4.85. The van der Waals surface area contributed by atoms with Crippen molar-refractivity contribution < 1.29 is 9.59 Å². The second-order valence-electron chi connectivity index (χ2n) is 5.37. The van der Waals surface area contributed by atoms with Crippen LogP contribution in [0.15, 0.2) is 24.3 Å². The topological polar surface area (TPSA) is 49.4 Å². The van der Waals surface area contributed by atoms with E-state index in [1.165, 1.54) is 0 Å². The van der Waals surface area contributed by atoms with E-state index in [0.717, 1.165) is 30.6 Å². The second kappa shape index (κ2) is 6.55. The quantitative estimate of drug-likeness (QED) is 0.895. The number of benzene rings is 1. The molecule has 1 aliphatic heterocycles. The van der Waals surface area contributed by atoms with Gasteiger partial charge in [0.05, 0.1) is 6.42 Å². The van der Waals surface area contributed by atoms with E-state index >= 15 is 0 Å². The molecule has 0 radical (unpaired) electrons. The number of hydrogen-bond donors (Lipinski definition) is 1. The maximum Gasteiger partial charge on any atom is 0.227 e. The van der Waals surface area contributed by atoms with E-state index < -0.39 is 0 Å². The highest BCUT2D eigenvalue weighted by atomic mass is 16.2. The lowest BCUT2D eigenvalue weighted by Crippen LogP contribution is -2.33. The zero-order valence-corrected chi connectivity index (χ0v) is 12.2. The average Bonchev–Trinajstić information content (AvgIpc) is 2.85. The predicted octanol–water partition coefficient (Wildman–Crippen LogP) is 2.27. The van der Waals surface area contributed by atoms with Crippen LogP contribution in [0.3, 0.4) is 0 Å². The van der Waals surface area contributed by atoms with Crippen LogP contribution in [0.2, 0.25) is 0 Å². The number of carbonyl (C=O) groups is 2. The Balaban J connectivity index is 1.94. The molecule has 1 heterocycles. The molecule has 1 aromatic rings. The van der Waals surface area contributed by atoms with Gasteiger partial charge in [0, 0.05) is 24.7 Å². The van der Waals surface area contributed by atoms with E-state index in [1.807, 2.05) is 43.0 Å². The van der Waals surface area contributed by atoms with Crippen LogP contribution in [0.1, 0.15) is 38.7 Å². The van der Waals surface area contributed by atoms with Crippen molar-refractivity contribution in [2.24, 2.45) is 0 Å². The molecular weight excluding hydrogens is 252 g/mol. The Labute approximate surface area is 120 Å². The first kappa shape index (κ1) is 14.6. The zero-order valence-electron chi connectivity index (χ0n) is 12.2. The summed E-state index contributed by atoms with van der Waals surface area (Å²) in [5.74, 6) is 0.233. The van der Waals surface area contributed by atoms with Crippen LogP contribution in [0.4, 0.5) is 5.69 Å². The van der Waals surface area contributed by atoms with E-state index in [9.17, 15) is 9.59 Å². The van der Waals surface area contributed by atoms with Crippen LogP contribution >= 0.6 is 0 Å². The summed E-state index contributed by atoms with van der Waals surface area (Å²) in [5, 5.41) is 2.95. The SMILES string of the molecule is CCC(C)NC(=O)Cc1ccc(N2CCCC2=O)cc1. The molecule has 0 aliphatic carbocycles. The number of rotatable bonds is 5. The minimum Gasteiger partial charge on any atom is -0.353 e. The van der Waals surface area contributed by atoms with Gasteiger partial charge in [0.15, 0.2) is 0 Å². The van der Waals surface area contributed by atoms with Crippen molar-refractivity contribution in [1.82, 2.24) is 5.32 Å². The van der Waals surface area contributed by atoms with E-state index in [4.69, 9.17) is 0 Å². The first-order valence-electron chi connectivity index (χ1n) is 7.29. The third-order valence-electron chi connectivity index (χ3n) is 3.71. The minimum absolute atomic E-state index is 0.0457. The lowest BCUT2D eigenvalue weighted by atomic mass is 10.1. The summed E-state index contributed by atoms with van der Waals surface area (Å²) in [4.78, 5) is 25.3. The standard InChI is InChI=1S/C16H22N2O2/c1-3-12(2)17-15(19)11-13-6-8-14(9-7-13)18-10-4-5-16(18)20/h6-9,12H,3-5,10-11H2,1-2H3,(H,17,19). The molecule has 0 aromatic heterocycles. The molecule has 108 valence electrons. The first-order chi connectivity index (χ1) is 9.60. The van der Waals surface area contributed by atoms with Gasteiger partial charge in [-0.1, -0.05) is 19.1 Å². The summed E-state index contributed by atoms with van der Waals surface area (Å²) in [6, 6.07) is 7.92. The number of carbonyl (C=O) groups excluding carboxylic acids is 2. The van der Waals surface area contributed by atoms with Gasteiger partial charge < -0.3 is 10.2 Å². The number of nitrogens with zero attached hydrogens (tertiary/aromatic N) is 1. The van der Waals surface area contributed by atoms with Crippen molar-refractivity contribution in [2.75, 3.05) is 11.4 Å². The molecule has 1 atom stereocenters. The molecule has 1 aliphatic rings. The lowest BCUT2D eigenvalue weighted by Gasteiger charge is -2.16. The van der Waals surface area contributed by atoms with Crippen molar-refractivity contribution in [3.8, 4) is 0 Å². The maximum atomic E-state index is 11.8. The normalized spacial score (nSPS) is 16.3. The van der Waals surface area contributed by atoms with Gasteiger partial charge in [0.2, 0.25) is 11.8 Å². The van der Waals surface area contributed by atoms with Crippen LogP contribution in [0, 0.1) is 0 Å². The first-order valence-corrected chi connectivity index (χ1v) is 7.29. The Morgan fingerprint density at radius 1 is 1.35 bits per heavy atom. The molecule has 1 N–H and O–H groups in total. The third-order valence-corrected chi connectivity index (χ3v) is 3.71. The van der Waals surface area contributed by atoms with Gasteiger partial charge in [-0.05, 0) is 37.5 Å². The Morgan fingerprint density at radius 3 is 2.60 bits per heavy atom. The van der Waals surface area contributed by atoms with E-state index in [0.29, 0.717) is 12.8 Å².